The fourth-order valence-corrected chi connectivity index (χ4v) is 4.00. The molecule has 0 atom stereocenters. The van der Waals surface area contributed by atoms with Crippen LogP contribution in [0.2, 0.25) is 0 Å². The first-order valence-electron chi connectivity index (χ1n) is 10.7. The van der Waals surface area contributed by atoms with Gasteiger partial charge in [0.2, 0.25) is 5.91 Å². The first kappa shape index (κ1) is 20.1. The first-order chi connectivity index (χ1) is 14.7. The number of hydrogen-bond acceptors (Lipinski definition) is 4. The van der Waals surface area contributed by atoms with Crippen molar-refractivity contribution in [2.45, 2.75) is 32.1 Å². The van der Waals surface area contributed by atoms with Crippen LogP contribution in [0, 0.1) is 5.92 Å². The maximum absolute atomic E-state index is 12.9. The molecular formula is C25H28N4O. The van der Waals surface area contributed by atoms with E-state index in [2.05, 4.69) is 51.4 Å². The van der Waals surface area contributed by atoms with Gasteiger partial charge in [-0.2, -0.15) is 0 Å². The molecule has 1 aromatic heterocycles. The molecular weight excluding hydrogens is 372 g/mol. The molecule has 1 fully saturated rings. The Kier molecular flexibility index (Phi) is 6.38. The zero-order valence-corrected chi connectivity index (χ0v) is 17.4. The Bertz CT molecular complexity index is 914. The lowest BCUT2D eigenvalue weighted by Gasteiger charge is -2.31. The third-order valence-corrected chi connectivity index (χ3v) is 5.82. The lowest BCUT2D eigenvalue weighted by Crippen LogP contribution is -2.33. The minimum atomic E-state index is -0.0513. The number of nitrogens with one attached hydrogen (secondary N) is 1. The van der Waals surface area contributed by atoms with Crippen molar-refractivity contribution in [3.8, 4) is 0 Å². The Morgan fingerprint density at radius 1 is 1.00 bits per heavy atom. The summed E-state index contributed by atoms with van der Waals surface area (Å²) in [5, 5.41) is 2.98. The maximum Gasteiger partial charge on any atom is 0.226 e. The monoisotopic (exact) mass is 400 g/mol. The molecule has 2 aromatic carbocycles. The van der Waals surface area contributed by atoms with E-state index < -0.39 is 0 Å². The Hall–Kier alpha value is -3.21. The van der Waals surface area contributed by atoms with E-state index in [1.807, 2.05) is 42.5 Å². The van der Waals surface area contributed by atoms with Crippen LogP contribution in [0.4, 0.5) is 11.6 Å². The smallest absolute Gasteiger partial charge is 0.226 e. The number of benzene rings is 2. The van der Waals surface area contributed by atoms with Gasteiger partial charge in [0.05, 0.1) is 0 Å². The van der Waals surface area contributed by atoms with Gasteiger partial charge in [-0.15, -0.1) is 0 Å². The number of rotatable bonds is 6. The third-order valence-electron chi connectivity index (χ3n) is 5.82. The van der Waals surface area contributed by atoms with Crippen LogP contribution in [0.5, 0.6) is 0 Å². The van der Waals surface area contributed by atoms with E-state index in [4.69, 9.17) is 0 Å². The number of aromatic nitrogens is 2. The second-order valence-corrected chi connectivity index (χ2v) is 8.06. The molecule has 1 aliphatic heterocycles. The van der Waals surface area contributed by atoms with Crippen molar-refractivity contribution in [1.82, 2.24) is 9.97 Å². The summed E-state index contributed by atoms with van der Waals surface area (Å²) in [6, 6.07) is 22.2. The van der Waals surface area contributed by atoms with Crippen LogP contribution in [0.15, 0.2) is 73.1 Å². The molecule has 154 valence electrons. The highest BCUT2D eigenvalue weighted by Crippen LogP contribution is 2.28. The normalized spacial score (nSPS) is 14.7. The van der Waals surface area contributed by atoms with Crippen molar-refractivity contribution >= 4 is 17.5 Å². The molecule has 4 rings (SSSR count). The molecule has 1 N–H and O–H groups in total. The molecule has 1 aliphatic rings. The summed E-state index contributed by atoms with van der Waals surface area (Å²) in [6.07, 6.45) is 4.23. The van der Waals surface area contributed by atoms with Crippen LogP contribution in [-0.2, 0) is 4.79 Å². The summed E-state index contributed by atoms with van der Waals surface area (Å²) in [6.45, 7) is 4.28. The van der Waals surface area contributed by atoms with E-state index >= 15 is 0 Å². The topological polar surface area (TPSA) is 58.1 Å². The lowest BCUT2D eigenvalue weighted by atomic mass is 9.88. The molecule has 0 unspecified atom stereocenters. The molecule has 5 heteroatoms. The van der Waals surface area contributed by atoms with Crippen molar-refractivity contribution in [1.29, 1.82) is 0 Å². The van der Waals surface area contributed by atoms with E-state index in [1.54, 1.807) is 0 Å². The molecule has 0 aliphatic carbocycles. The van der Waals surface area contributed by atoms with Crippen LogP contribution >= 0.6 is 0 Å². The largest absolute Gasteiger partial charge is 0.356 e. The molecule has 0 spiro atoms. The summed E-state index contributed by atoms with van der Waals surface area (Å²) < 4.78 is 0. The van der Waals surface area contributed by atoms with Gasteiger partial charge in [0, 0.05) is 31.5 Å². The van der Waals surface area contributed by atoms with Crippen LogP contribution in [0.25, 0.3) is 0 Å². The van der Waals surface area contributed by atoms with Crippen LogP contribution in [0.1, 0.15) is 43.2 Å². The zero-order valence-electron chi connectivity index (χ0n) is 17.4. The van der Waals surface area contributed by atoms with E-state index in [9.17, 15) is 4.79 Å². The minimum Gasteiger partial charge on any atom is -0.356 e. The molecule has 0 radical (unpaired) electrons. The molecule has 2 heterocycles. The fourth-order valence-electron chi connectivity index (χ4n) is 4.00. The highest BCUT2D eigenvalue weighted by atomic mass is 16.1. The molecule has 1 saturated heterocycles. The van der Waals surface area contributed by atoms with Crippen molar-refractivity contribution in [3.63, 3.8) is 0 Å². The molecule has 5 nitrogen and oxygen atoms in total. The van der Waals surface area contributed by atoms with E-state index in [0.29, 0.717) is 12.2 Å². The number of nitrogens with zero attached hydrogens (tertiary/aromatic N) is 3. The highest BCUT2D eigenvalue weighted by molar-refractivity contribution is 5.91. The fraction of sp³-hybridized carbons (Fsp3) is 0.320. The van der Waals surface area contributed by atoms with Gasteiger partial charge in [0.25, 0.3) is 0 Å². The summed E-state index contributed by atoms with van der Waals surface area (Å²) in [5.74, 6) is 2.15. The van der Waals surface area contributed by atoms with Gasteiger partial charge in [-0.25, -0.2) is 9.97 Å². The predicted molar refractivity (Wildman–Crippen MR) is 121 cm³/mol. The number of hydrogen-bond donors (Lipinski definition) is 1. The van der Waals surface area contributed by atoms with Gasteiger partial charge >= 0.3 is 0 Å². The standard InChI is InChI=1S/C25H28N4O/c1-19-12-14-29(15-13-19)24-17-23(26-18-27-24)28-25(30)16-22(20-8-4-2-5-9-20)21-10-6-3-7-11-21/h2-11,17-19,22H,12-16H2,1H3,(H,26,27,28,30). The van der Waals surface area contributed by atoms with Gasteiger partial charge < -0.3 is 10.2 Å². The van der Waals surface area contributed by atoms with E-state index in [-0.39, 0.29) is 11.8 Å². The Labute approximate surface area is 178 Å². The average Bonchev–Trinajstić information content (AvgIpc) is 2.79. The summed E-state index contributed by atoms with van der Waals surface area (Å²) >= 11 is 0. The van der Waals surface area contributed by atoms with Gasteiger partial charge in [0.15, 0.2) is 0 Å². The molecule has 0 saturated carbocycles. The maximum atomic E-state index is 12.9. The lowest BCUT2D eigenvalue weighted by molar-refractivity contribution is -0.116. The second kappa shape index (κ2) is 9.53. The molecule has 0 bridgehead atoms. The summed E-state index contributed by atoms with van der Waals surface area (Å²) in [7, 11) is 0. The number of anilines is 2. The van der Waals surface area contributed by atoms with Crippen molar-refractivity contribution in [2.75, 3.05) is 23.3 Å². The SMILES string of the molecule is CC1CCN(c2cc(NC(=O)CC(c3ccccc3)c3ccccc3)ncn2)CC1. The molecule has 1 amide bonds. The number of amides is 1. The van der Waals surface area contributed by atoms with Gasteiger partial charge in [-0.3, -0.25) is 4.79 Å². The van der Waals surface area contributed by atoms with E-state index in [0.717, 1.165) is 36.0 Å². The Morgan fingerprint density at radius 2 is 1.60 bits per heavy atom. The third kappa shape index (κ3) is 5.03. The van der Waals surface area contributed by atoms with Crippen LogP contribution in [-0.4, -0.2) is 29.0 Å². The van der Waals surface area contributed by atoms with Crippen molar-refractivity contribution in [2.24, 2.45) is 5.92 Å². The number of carbonyl (C=O) groups excluding carboxylic acids is 1. The van der Waals surface area contributed by atoms with E-state index in [1.165, 1.54) is 19.2 Å². The van der Waals surface area contributed by atoms with Crippen molar-refractivity contribution in [3.05, 3.63) is 84.2 Å². The summed E-state index contributed by atoms with van der Waals surface area (Å²) in [4.78, 5) is 23.9. The van der Waals surface area contributed by atoms with Gasteiger partial charge in [0.1, 0.15) is 18.0 Å². The Morgan fingerprint density at radius 3 is 2.20 bits per heavy atom. The second-order valence-electron chi connectivity index (χ2n) is 8.06. The molecule has 30 heavy (non-hydrogen) atoms. The van der Waals surface area contributed by atoms with Crippen LogP contribution in [0.3, 0.4) is 0 Å². The predicted octanol–water partition coefficient (Wildman–Crippen LogP) is 4.87. The quantitative estimate of drug-likeness (QED) is 0.641. The average molecular weight is 401 g/mol. The number of piperidine rings is 1. The Balaban J connectivity index is 1.47. The van der Waals surface area contributed by atoms with Crippen molar-refractivity contribution < 1.29 is 4.79 Å². The zero-order chi connectivity index (χ0) is 20.8. The van der Waals surface area contributed by atoms with Gasteiger partial charge in [-0.05, 0) is 29.9 Å². The number of carbonyl (C=O) groups is 1. The summed E-state index contributed by atoms with van der Waals surface area (Å²) in [5.41, 5.74) is 2.26. The minimum absolute atomic E-state index is 0.00251. The van der Waals surface area contributed by atoms with Gasteiger partial charge in [-0.1, -0.05) is 67.6 Å². The first-order valence-corrected chi connectivity index (χ1v) is 10.7. The highest BCUT2D eigenvalue weighted by Gasteiger charge is 2.20. The van der Waals surface area contributed by atoms with Crippen LogP contribution < -0.4 is 10.2 Å². The molecule has 3 aromatic rings.